The van der Waals surface area contributed by atoms with Crippen LogP contribution < -0.4 is 0 Å². The highest BCUT2D eigenvalue weighted by Crippen LogP contribution is 2.39. The summed E-state index contributed by atoms with van der Waals surface area (Å²) < 4.78 is 0. The van der Waals surface area contributed by atoms with Crippen molar-refractivity contribution < 1.29 is 9.90 Å². The van der Waals surface area contributed by atoms with Crippen LogP contribution in [-0.4, -0.2) is 34.0 Å². The lowest BCUT2D eigenvalue weighted by Gasteiger charge is -2.42. The zero-order valence-electron chi connectivity index (χ0n) is 13.5. The second-order valence-corrected chi connectivity index (χ2v) is 7.50. The van der Waals surface area contributed by atoms with Gasteiger partial charge in [0, 0.05) is 17.5 Å². The lowest BCUT2D eigenvalue weighted by atomic mass is 9.76. The molecule has 2 heterocycles. The van der Waals surface area contributed by atoms with Crippen LogP contribution in [0.25, 0.3) is 0 Å². The Kier molecular flexibility index (Phi) is 5.04. The summed E-state index contributed by atoms with van der Waals surface area (Å²) in [5.74, 6) is -0.626. The van der Waals surface area contributed by atoms with E-state index in [0.29, 0.717) is 6.54 Å². The third kappa shape index (κ3) is 3.29. The molecule has 21 heavy (non-hydrogen) atoms. The molecule has 2 atom stereocenters. The summed E-state index contributed by atoms with van der Waals surface area (Å²) in [6, 6.07) is 0.257. The van der Waals surface area contributed by atoms with E-state index >= 15 is 0 Å². The Morgan fingerprint density at radius 1 is 1.52 bits per heavy atom. The van der Waals surface area contributed by atoms with E-state index in [1.54, 1.807) is 11.3 Å². The Morgan fingerprint density at radius 2 is 2.24 bits per heavy atom. The van der Waals surface area contributed by atoms with Crippen molar-refractivity contribution in [2.75, 3.05) is 13.1 Å². The number of aryl methyl sites for hydroxylation is 2. The fourth-order valence-corrected chi connectivity index (χ4v) is 4.58. The first kappa shape index (κ1) is 16.4. The van der Waals surface area contributed by atoms with Crippen LogP contribution in [0, 0.1) is 19.3 Å². The number of aromatic nitrogens is 1. The molecule has 1 fully saturated rings. The van der Waals surface area contributed by atoms with Crippen LogP contribution in [0.2, 0.25) is 0 Å². The Labute approximate surface area is 131 Å². The largest absolute Gasteiger partial charge is 0.481 e. The van der Waals surface area contributed by atoms with Crippen molar-refractivity contribution in [3.63, 3.8) is 0 Å². The molecule has 1 saturated heterocycles. The van der Waals surface area contributed by atoms with Crippen LogP contribution in [0.1, 0.15) is 61.2 Å². The number of carbonyl (C=O) groups is 1. The lowest BCUT2D eigenvalue weighted by molar-refractivity contribution is -0.153. The number of hydrogen-bond donors (Lipinski definition) is 1. The highest BCUT2D eigenvalue weighted by atomic mass is 32.1. The highest BCUT2D eigenvalue weighted by molar-refractivity contribution is 7.11. The predicted octanol–water partition coefficient (Wildman–Crippen LogP) is 3.79. The van der Waals surface area contributed by atoms with E-state index in [9.17, 15) is 9.90 Å². The number of carboxylic acid groups (broad SMARTS) is 1. The zero-order chi connectivity index (χ0) is 15.6. The number of aliphatic carboxylic acids is 1. The van der Waals surface area contributed by atoms with Crippen LogP contribution in [0.5, 0.6) is 0 Å². The Bertz CT molecular complexity index is 510. The quantitative estimate of drug-likeness (QED) is 0.899. The Morgan fingerprint density at radius 3 is 2.76 bits per heavy atom. The van der Waals surface area contributed by atoms with Crippen LogP contribution in [0.4, 0.5) is 0 Å². The minimum Gasteiger partial charge on any atom is -0.481 e. The molecule has 0 aliphatic carbocycles. The van der Waals surface area contributed by atoms with Gasteiger partial charge in [-0.1, -0.05) is 13.3 Å². The summed E-state index contributed by atoms with van der Waals surface area (Å²) in [4.78, 5) is 19.9. The van der Waals surface area contributed by atoms with Gasteiger partial charge < -0.3 is 5.11 Å². The minimum absolute atomic E-state index is 0.257. The molecule has 0 amide bonds. The molecule has 118 valence electrons. The Hall–Kier alpha value is -0.940. The van der Waals surface area contributed by atoms with E-state index in [1.165, 1.54) is 4.88 Å². The summed E-state index contributed by atoms with van der Waals surface area (Å²) in [6.45, 7) is 9.98. The predicted molar refractivity (Wildman–Crippen MR) is 85.8 cm³/mol. The van der Waals surface area contributed by atoms with Gasteiger partial charge in [0.15, 0.2) is 0 Å². The first-order valence-electron chi connectivity index (χ1n) is 7.81. The maximum absolute atomic E-state index is 11.8. The van der Waals surface area contributed by atoms with Gasteiger partial charge in [0.1, 0.15) is 0 Å². The van der Waals surface area contributed by atoms with Crippen LogP contribution >= 0.6 is 11.3 Å². The fourth-order valence-electron chi connectivity index (χ4n) is 3.56. The summed E-state index contributed by atoms with van der Waals surface area (Å²) in [5, 5.41) is 10.8. The number of carboxylic acids is 1. The molecule has 0 spiro atoms. The van der Waals surface area contributed by atoms with Crippen molar-refractivity contribution in [1.29, 1.82) is 0 Å². The summed E-state index contributed by atoms with van der Waals surface area (Å²) in [7, 11) is 0. The van der Waals surface area contributed by atoms with Gasteiger partial charge in [-0.15, -0.1) is 11.3 Å². The van der Waals surface area contributed by atoms with Crippen LogP contribution in [0.15, 0.2) is 0 Å². The molecule has 1 aromatic rings. The molecule has 0 saturated carbocycles. The molecule has 1 aliphatic rings. The molecular weight excluding hydrogens is 284 g/mol. The SMILES string of the molecule is CCCC1(C(=O)O)CCCN(C(C)c2sc(C)nc2C)C1. The normalized spacial score (nSPS) is 25.0. The van der Waals surface area contributed by atoms with Gasteiger partial charge >= 0.3 is 5.97 Å². The van der Waals surface area contributed by atoms with Gasteiger partial charge in [-0.2, -0.15) is 0 Å². The third-order valence-electron chi connectivity index (χ3n) is 4.66. The van der Waals surface area contributed by atoms with Gasteiger partial charge in [-0.05, 0) is 46.6 Å². The van der Waals surface area contributed by atoms with Crippen molar-refractivity contribution >= 4 is 17.3 Å². The number of rotatable bonds is 5. The number of hydrogen-bond acceptors (Lipinski definition) is 4. The third-order valence-corrected chi connectivity index (χ3v) is 5.90. The molecule has 1 aromatic heterocycles. The number of piperidine rings is 1. The first-order valence-corrected chi connectivity index (χ1v) is 8.62. The number of likely N-dealkylation sites (tertiary alicyclic amines) is 1. The van der Waals surface area contributed by atoms with Crippen molar-refractivity contribution in [1.82, 2.24) is 9.88 Å². The average molecular weight is 310 g/mol. The molecule has 0 bridgehead atoms. The van der Waals surface area contributed by atoms with E-state index in [2.05, 4.69) is 30.7 Å². The van der Waals surface area contributed by atoms with Crippen molar-refractivity contribution in [2.24, 2.45) is 5.41 Å². The summed E-state index contributed by atoms with van der Waals surface area (Å²) >= 11 is 1.74. The monoisotopic (exact) mass is 310 g/mol. The summed E-state index contributed by atoms with van der Waals surface area (Å²) in [6.07, 6.45) is 3.47. The van der Waals surface area contributed by atoms with E-state index in [-0.39, 0.29) is 6.04 Å². The van der Waals surface area contributed by atoms with Gasteiger partial charge in [0.05, 0.1) is 16.1 Å². The highest BCUT2D eigenvalue weighted by Gasteiger charge is 2.42. The van der Waals surface area contributed by atoms with E-state index < -0.39 is 11.4 Å². The lowest BCUT2D eigenvalue weighted by Crippen LogP contribution is -2.48. The molecule has 2 unspecified atom stereocenters. The summed E-state index contributed by atoms with van der Waals surface area (Å²) in [5.41, 5.74) is 0.529. The number of nitrogens with zero attached hydrogens (tertiary/aromatic N) is 2. The molecule has 0 aromatic carbocycles. The minimum atomic E-state index is -0.626. The molecular formula is C16H26N2O2S. The van der Waals surface area contributed by atoms with Gasteiger partial charge in [0.2, 0.25) is 0 Å². The van der Waals surface area contributed by atoms with Crippen molar-refractivity contribution in [2.45, 2.75) is 59.4 Å². The zero-order valence-corrected chi connectivity index (χ0v) is 14.3. The maximum Gasteiger partial charge on any atom is 0.310 e. The first-order chi connectivity index (χ1) is 9.89. The standard InChI is InChI=1S/C16H26N2O2S/c1-5-7-16(15(19)20)8-6-9-18(10-16)12(3)14-11(2)17-13(4)21-14/h12H,5-10H2,1-4H3,(H,19,20). The number of thiazole rings is 1. The topological polar surface area (TPSA) is 53.4 Å². The Balaban J connectivity index is 2.20. The van der Waals surface area contributed by atoms with E-state index in [0.717, 1.165) is 42.9 Å². The van der Waals surface area contributed by atoms with Crippen LogP contribution in [-0.2, 0) is 4.79 Å². The maximum atomic E-state index is 11.8. The average Bonchev–Trinajstić information content (AvgIpc) is 2.77. The molecule has 4 nitrogen and oxygen atoms in total. The second kappa shape index (κ2) is 6.44. The molecule has 2 rings (SSSR count). The molecule has 5 heteroatoms. The smallest absolute Gasteiger partial charge is 0.310 e. The van der Waals surface area contributed by atoms with Gasteiger partial charge in [-0.3, -0.25) is 9.69 Å². The van der Waals surface area contributed by atoms with Crippen molar-refractivity contribution in [3.8, 4) is 0 Å². The van der Waals surface area contributed by atoms with Gasteiger partial charge in [0.25, 0.3) is 0 Å². The fraction of sp³-hybridized carbons (Fsp3) is 0.750. The van der Waals surface area contributed by atoms with Gasteiger partial charge in [-0.25, -0.2) is 4.98 Å². The van der Waals surface area contributed by atoms with Crippen molar-refractivity contribution in [3.05, 3.63) is 15.6 Å². The second-order valence-electron chi connectivity index (χ2n) is 6.27. The van der Waals surface area contributed by atoms with Crippen LogP contribution in [0.3, 0.4) is 0 Å². The molecule has 1 aliphatic heterocycles. The molecule has 0 radical (unpaired) electrons. The van der Waals surface area contributed by atoms with E-state index in [4.69, 9.17) is 0 Å². The molecule has 1 N–H and O–H groups in total. The van der Waals surface area contributed by atoms with E-state index in [1.807, 2.05) is 6.92 Å².